The van der Waals surface area contributed by atoms with Crippen molar-refractivity contribution < 1.29 is 5.11 Å². The molecule has 0 heterocycles. The summed E-state index contributed by atoms with van der Waals surface area (Å²) < 4.78 is 0.256. The van der Waals surface area contributed by atoms with Crippen LogP contribution in [0.4, 0.5) is 0 Å². The van der Waals surface area contributed by atoms with Crippen LogP contribution in [0.25, 0.3) is 0 Å². The van der Waals surface area contributed by atoms with E-state index in [1.54, 1.807) is 24.3 Å². The number of para-hydroxylation sites is 1. The Morgan fingerprint density at radius 3 is 2.77 bits per heavy atom. The van der Waals surface area contributed by atoms with E-state index in [1.807, 2.05) is 0 Å². The molecule has 0 saturated heterocycles. The van der Waals surface area contributed by atoms with Crippen LogP contribution in [0.15, 0.2) is 34.5 Å². The molecule has 0 spiro atoms. The van der Waals surface area contributed by atoms with E-state index >= 15 is 0 Å². The number of nitrogens with two attached hydrogens (primary N) is 1. The van der Waals surface area contributed by atoms with Gasteiger partial charge < -0.3 is 0 Å². The molecule has 4 nitrogen and oxygen atoms in total. The molecule has 0 saturated carbocycles. The van der Waals surface area contributed by atoms with Crippen LogP contribution in [-0.4, -0.2) is 32.1 Å². The molecule has 0 amide bonds. The SMILES string of the molecule is NC([Se])=NN=Cc1ccccc1O. The predicted octanol–water partition coefficient (Wildman–Crippen LogP) is 0.209. The van der Waals surface area contributed by atoms with Gasteiger partial charge in [0.2, 0.25) is 0 Å². The number of aromatic hydroxyl groups is 1. The molecule has 1 aromatic carbocycles. The fourth-order valence-electron chi connectivity index (χ4n) is 0.745. The summed E-state index contributed by atoms with van der Waals surface area (Å²) in [6.07, 6.45) is 1.43. The van der Waals surface area contributed by atoms with Gasteiger partial charge in [0.05, 0.1) is 0 Å². The standard InChI is InChI=1S/C8H8N3OSe/c9-8(13)11-10-5-6-3-1-2-4-7(6)12/h1-5,12H,(H2,9,11). The van der Waals surface area contributed by atoms with Gasteiger partial charge in [-0.2, -0.15) is 0 Å². The molecule has 0 fully saturated rings. The van der Waals surface area contributed by atoms with E-state index in [0.29, 0.717) is 5.56 Å². The van der Waals surface area contributed by atoms with E-state index in [0.717, 1.165) is 0 Å². The first-order valence-electron chi connectivity index (χ1n) is 3.51. The molecule has 3 N–H and O–H groups in total. The Labute approximate surface area is 84.0 Å². The van der Waals surface area contributed by atoms with Gasteiger partial charge in [0.25, 0.3) is 0 Å². The monoisotopic (exact) mass is 242 g/mol. The number of hydrogen-bond acceptors (Lipinski definition) is 3. The molecular weight excluding hydrogens is 233 g/mol. The zero-order valence-corrected chi connectivity index (χ0v) is 8.43. The zero-order valence-electron chi connectivity index (χ0n) is 6.71. The Bertz CT molecular complexity index is 345. The molecule has 5 heteroatoms. The van der Waals surface area contributed by atoms with Gasteiger partial charge >= 0.3 is 83.6 Å². The van der Waals surface area contributed by atoms with Gasteiger partial charge in [-0.15, -0.1) is 0 Å². The van der Waals surface area contributed by atoms with Crippen LogP contribution in [0.5, 0.6) is 5.75 Å². The van der Waals surface area contributed by atoms with Gasteiger partial charge in [0, 0.05) is 0 Å². The average Bonchev–Trinajstić information content (AvgIpc) is 2.08. The predicted molar refractivity (Wildman–Crippen MR) is 53.1 cm³/mol. The van der Waals surface area contributed by atoms with Crippen molar-refractivity contribution in [1.29, 1.82) is 0 Å². The Balaban J connectivity index is 2.80. The van der Waals surface area contributed by atoms with Crippen LogP contribution < -0.4 is 5.73 Å². The first-order chi connectivity index (χ1) is 6.20. The summed E-state index contributed by atoms with van der Waals surface area (Å²) in [5.74, 6) is 0.167. The summed E-state index contributed by atoms with van der Waals surface area (Å²) in [5, 5.41) is 16.5. The van der Waals surface area contributed by atoms with Crippen LogP contribution in [-0.2, 0) is 0 Å². The molecule has 0 bridgehead atoms. The zero-order chi connectivity index (χ0) is 9.68. The van der Waals surface area contributed by atoms with E-state index in [2.05, 4.69) is 26.2 Å². The average molecular weight is 241 g/mol. The number of benzene rings is 1. The third-order valence-electron chi connectivity index (χ3n) is 1.29. The van der Waals surface area contributed by atoms with E-state index in [-0.39, 0.29) is 10.5 Å². The van der Waals surface area contributed by atoms with Crippen LogP contribution in [0.2, 0.25) is 0 Å². The molecule has 0 atom stereocenters. The second kappa shape index (κ2) is 4.64. The maximum atomic E-state index is 9.30. The second-order valence-electron chi connectivity index (χ2n) is 2.24. The van der Waals surface area contributed by atoms with Crippen molar-refractivity contribution >= 4 is 27.0 Å². The number of amidine groups is 1. The topological polar surface area (TPSA) is 71.0 Å². The molecule has 0 aromatic heterocycles. The summed E-state index contributed by atoms with van der Waals surface area (Å²) in [6.45, 7) is 0. The van der Waals surface area contributed by atoms with Gasteiger partial charge in [0.15, 0.2) is 0 Å². The normalized spacial score (nSPS) is 12.2. The minimum absolute atomic E-state index is 0.167. The van der Waals surface area contributed by atoms with Crippen molar-refractivity contribution in [1.82, 2.24) is 0 Å². The number of phenols is 1. The fraction of sp³-hybridized carbons (Fsp3) is 0. The van der Waals surface area contributed by atoms with Crippen molar-refractivity contribution in [2.24, 2.45) is 15.9 Å². The van der Waals surface area contributed by atoms with E-state index < -0.39 is 0 Å². The van der Waals surface area contributed by atoms with Crippen molar-refractivity contribution in [3.63, 3.8) is 0 Å². The third kappa shape index (κ3) is 3.27. The first kappa shape index (κ1) is 9.77. The summed E-state index contributed by atoms with van der Waals surface area (Å²) in [6, 6.07) is 6.83. The summed E-state index contributed by atoms with van der Waals surface area (Å²) >= 11 is 2.49. The van der Waals surface area contributed by atoms with Crippen molar-refractivity contribution in [2.75, 3.05) is 0 Å². The third-order valence-corrected chi connectivity index (χ3v) is 1.46. The fourth-order valence-corrected chi connectivity index (χ4v) is 0.844. The Morgan fingerprint density at radius 1 is 1.46 bits per heavy atom. The second-order valence-corrected chi connectivity index (χ2v) is 3.12. The van der Waals surface area contributed by atoms with Gasteiger partial charge in [-0.1, -0.05) is 0 Å². The number of phenolic OH excluding ortho intramolecular Hbond substituents is 1. The van der Waals surface area contributed by atoms with Gasteiger partial charge in [-0.05, 0) is 0 Å². The van der Waals surface area contributed by atoms with Gasteiger partial charge in [-0.25, -0.2) is 0 Å². The molecular formula is C8H8N3OSe. The van der Waals surface area contributed by atoms with E-state index in [1.165, 1.54) is 6.21 Å². The van der Waals surface area contributed by atoms with Crippen molar-refractivity contribution in [3.05, 3.63) is 29.8 Å². The van der Waals surface area contributed by atoms with Crippen LogP contribution in [0, 0.1) is 0 Å². The molecule has 0 aliphatic carbocycles. The summed E-state index contributed by atoms with van der Waals surface area (Å²) in [4.78, 5) is 0. The molecule has 1 aromatic rings. The first-order valence-corrected chi connectivity index (χ1v) is 4.37. The van der Waals surface area contributed by atoms with E-state index in [9.17, 15) is 5.11 Å². The van der Waals surface area contributed by atoms with Crippen molar-refractivity contribution in [3.8, 4) is 5.75 Å². The number of hydrogen-bond donors (Lipinski definition) is 2. The van der Waals surface area contributed by atoms with Crippen LogP contribution in [0.1, 0.15) is 5.56 Å². The van der Waals surface area contributed by atoms with Crippen LogP contribution in [0.3, 0.4) is 0 Å². The number of rotatable bonds is 2. The summed E-state index contributed by atoms with van der Waals surface area (Å²) in [5.41, 5.74) is 5.82. The Kier molecular flexibility index (Phi) is 3.49. The molecule has 0 aliphatic rings. The maximum absolute atomic E-state index is 9.30. The summed E-state index contributed by atoms with van der Waals surface area (Å²) in [7, 11) is 0. The molecule has 0 aliphatic heterocycles. The number of nitrogens with zero attached hydrogens (tertiary/aromatic N) is 2. The van der Waals surface area contributed by atoms with E-state index in [4.69, 9.17) is 5.73 Å². The van der Waals surface area contributed by atoms with Gasteiger partial charge in [0.1, 0.15) is 0 Å². The molecule has 1 rings (SSSR count). The molecule has 67 valence electrons. The Morgan fingerprint density at radius 2 is 2.15 bits per heavy atom. The van der Waals surface area contributed by atoms with Crippen molar-refractivity contribution in [2.45, 2.75) is 0 Å². The minimum atomic E-state index is 0.167. The molecule has 0 unspecified atom stereocenters. The Hall–Kier alpha value is -1.32. The van der Waals surface area contributed by atoms with Crippen LogP contribution >= 0.6 is 0 Å². The molecule has 13 heavy (non-hydrogen) atoms. The quantitative estimate of drug-likeness (QED) is 0.336. The van der Waals surface area contributed by atoms with Gasteiger partial charge in [-0.3, -0.25) is 0 Å². The molecule has 1 radical (unpaired) electrons.